The quantitative estimate of drug-likeness (QED) is 0.316. The SMILES string of the molecule is COC(=O)C(C[C@@H]1C[C@@H]2c3ccccc3N(S(=O)(=O)c3ccccc3)[C@@H]2N1C(=O)OC)Sc1ccccn1. The molecule has 2 aliphatic heterocycles. The molecule has 3 aromatic rings. The zero-order valence-electron chi connectivity index (χ0n) is 20.8. The number of pyridine rings is 1. The Balaban J connectivity index is 1.55. The number of sulfonamides is 1. The summed E-state index contributed by atoms with van der Waals surface area (Å²) < 4.78 is 39.5. The molecule has 1 unspecified atom stereocenters. The lowest BCUT2D eigenvalue weighted by Gasteiger charge is -2.35. The summed E-state index contributed by atoms with van der Waals surface area (Å²) in [6, 6.07) is 20.4. The van der Waals surface area contributed by atoms with Crippen LogP contribution in [0, 0.1) is 0 Å². The average Bonchev–Trinajstić information content (AvgIpc) is 3.47. The zero-order valence-corrected chi connectivity index (χ0v) is 22.5. The summed E-state index contributed by atoms with van der Waals surface area (Å²) in [4.78, 5) is 32.0. The topological polar surface area (TPSA) is 106 Å². The number of carbonyl (C=O) groups excluding carboxylic acids is 2. The molecule has 0 spiro atoms. The summed E-state index contributed by atoms with van der Waals surface area (Å²) >= 11 is 1.25. The predicted molar refractivity (Wildman–Crippen MR) is 142 cm³/mol. The lowest BCUT2D eigenvalue weighted by Crippen LogP contribution is -2.52. The Morgan fingerprint density at radius 2 is 1.71 bits per heavy atom. The number of likely N-dealkylation sites (tertiary alicyclic amines) is 1. The van der Waals surface area contributed by atoms with Crippen molar-refractivity contribution in [1.82, 2.24) is 9.88 Å². The van der Waals surface area contributed by atoms with Crippen LogP contribution in [0.1, 0.15) is 24.3 Å². The minimum atomic E-state index is -4.03. The predicted octanol–water partition coefficient (Wildman–Crippen LogP) is 4.26. The van der Waals surface area contributed by atoms with Crippen LogP contribution < -0.4 is 4.31 Å². The van der Waals surface area contributed by atoms with Gasteiger partial charge in [0.25, 0.3) is 10.0 Å². The molecule has 0 saturated carbocycles. The first kappa shape index (κ1) is 26.1. The Morgan fingerprint density at radius 3 is 2.39 bits per heavy atom. The lowest BCUT2D eigenvalue weighted by molar-refractivity contribution is -0.140. The zero-order chi connectivity index (χ0) is 26.9. The fraction of sp³-hybridized carbons (Fsp3) is 0.296. The number of hydrogen-bond acceptors (Lipinski definition) is 8. The molecule has 0 N–H and O–H groups in total. The van der Waals surface area contributed by atoms with Crippen molar-refractivity contribution in [3.8, 4) is 0 Å². The number of benzene rings is 2. The second-order valence-corrected chi connectivity index (χ2v) is 12.0. The molecule has 9 nitrogen and oxygen atoms in total. The number of ether oxygens (including phenoxy) is 2. The van der Waals surface area contributed by atoms with Crippen LogP contribution in [0.25, 0.3) is 0 Å². The summed E-state index contributed by atoms with van der Waals surface area (Å²) in [6.07, 6.45) is 0.828. The molecule has 1 amide bonds. The third-order valence-corrected chi connectivity index (χ3v) is 9.87. The van der Waals surface area contributed by atoms with Crippen LogP contribution in [0.15, 0.2) is 88.9 Å². The number of anilines is 1. The van der Waals surface area contributed by atoms with Gasteiger partial charge in [-0.3, -0.25) is 9.69 Å². The molecule has 3 heterocycles. The largest absolute Gasteiger partial charge is 0.468 e. The van der Waals surface area contributed by atoms with Gasteiger partial charge in [-0.05, 0) is 48.7 Å². The highest BCUT2D eigenvalue weighted by atomic mass is 32.2. The van der Waals surface area contributed by atoms with Gasteiger partial charge in [0.1, 0.15) is 11.4 Å². The van der Waals surface area contributed by atoms with E-state index in [0.717, 1.165) is 5.56 Å². The van der Waals surface area contributed by atoms with Gasteiger partial charge >= 0.3 is 12.1 Å². The van der Waals surface area contributed by atoms with E-state index in [0.29, 0.717) is 17.1 Å². The lowest BCUT2D eigenvalue weighted by atomic mass is 9.95. The van der Waals surface area contributed by atoms with E-state index < -0.39 is 39.5 Å². The van der Waals surface area contributed by atoms with Crippen molar-refractivity contribution in [3.63, 3.8) is 0 Å². The Hall–Kier alpha value is -3.57. The summed E-state index contributed by atoms with van der Waals surface area (Å²) in [5, 5.41) is -0.0235. The third kappa shape index (κ3) is 4.60. The minimum Gasteiger partial charge on any atom is -0.468 e. The van der Waals surface area contributed by atoms with Crippen LogP contribution in [0.3, 0.4) is 0 Å². The van der Waals surface area contributed by atoms with Crippen molar-refractivity contribution >= 4 is 39.5 Å². The van der Waals surface area contributed by atoms with Gasteiger partial charge in [-0.2, -0.15) is 0 Å². The number of para-hydroxylation sites is 1. The molecule has 38 heavy (non-hydrogen) atoms. The van der Waals surface area contributed by atoms with Gasteiger partial charge in [-0.15, -0.1) is 0 Å². The Labute approximate surface area is 225 Å². The van der Waals surface area contributed by atoms with Gasteiger partial charge in [0.15, 0.2) is 0 Å². The van der Waals surface area contributed by atoms with Gasteiger partial charge in [-0.25, -0.2) is 22.5 Å². The highest BCUT2D eigenvalue weighted by Gasteiger charge is 2.56. The summed E-state index contributed by atoms with van der Waals surface area (Å²) in [7, 11) is -1.44. The molecule has 0 bridgehead atoms. The molecule has 0 radical (unpaired) electrons. The first-order valence-corrected chi connectivity index (χ1v) is 14.4. The summed E-state index contributed by atoms with van der Waals surface area (Å²) in [5.74, 6) is -0.747. The van der Waals surface area contributed by atoms with Gasteiger partial charge in [0, 0.05) is 18.2 Å². The number of hydrogen-bond donors (Lipinski definition) is 0. The number of amides is 1. The van der Waals surface area contributed by atoms with Crippen molar-refractivity contribution in [2.75, 3.05) is 18.5 Å². The number of carbonyl (C=O) groups is 2. The number of rotatable bonds is 7. The van der Waals surface area contributed by atoms with Crippen LogP contribution in [0.4, 0.5) is 10.5 Å². The maximum atomic E-state index is 14.0. The van der Waals surface area contributed by atoms with E-state index in [1.54, 1.807) is 48.7 Å². The molecular weight excluding hydrogens is 526 g/mol. The molecule has 11 heteroatoms. The fourth-order valence-corrected chi connectivity index (χ4v) is 8.10. The van der Waals surface area contributed by atoms with Crippen molar-refractivity contribution in [2.24, 2.45) is 0 Å². The Morgan fingerprint density at radius 1 is 1.00 bits per heavy atom. The molecule has 1 aromatic heterocycles. The first-order chi connectivity index (χ1) is 18.4. The van der Waals surface area contributed by atoms with Crippen molar-refractivity contribution in [3.05, 3.63) is 84.6 Å². The number of esters is 1. The number of aromatic nitrogens is 1. The Kier molecular flexibility index (Phi) is 7.31. The van der Waals surface area contributed by atoms with Crippen LogP contribution in [-0.4, -0.2) is 62.0 Å². The van der Waals surface area contributed by atoms with Crippen molar-refractivity contribution in [2.45, 2.75) is 46.1 Å². The monoisotopic (exact) mass is 553 g/mol. The van der Waals surface area contributed by atoms with Crippen LogP contribution in [0.2, 0.25) is 0 Å². The van der Waals surface area contributed by atoms with Crippen LogP contribution in [-0.2, 0) is 24.3 Å². The minimum absolute atomic E-state index is 0.127. The van der Waals surface area contributed by atoms with Crippen molar-refractivity contribution < 1.29 is 27.5 Å². The smallest absolute Gasteiger partial charge is 0.411 e. The highest BCUT2D eigenvalue weighted by Crippen LogP contribution is 2.53. The number of thioether (sulfide) groups is 1. The molecule has 2 aromatic carbocycles. The fourth-order valence-electron chi connectivity index (χ4n) is 5.33. The summed E-state index contributed by atoms with van der Waals surface area (Å²) in [6.45, 7) is 0. The molecule has 198 valence electrons. The molecule has 0 aliphatic carbocycles. The van der Waals surface area contributed by atoms with Crippen LogP contribution >= 0.6 is 11.8 Å². The standard InChI is InChI=1S/C27H27N3O6S2/c1-35-26(31)23(37-24-14-8-9-15-28-24)17-18-16-21-20-12-6-7-13-22(20)30(25(21)29(18)27(32)36-2)38(33,34)19-10-4-3-5-11-19/h3-15,18,21,23,25H,16-17H2,1-2H3/t18-,21+,23?,25-/m0/s1. The maximum absolute atomic E-state index is 14.0. The van der Waals surface area contributed by atoms with E-state index in [1.165, 1.54) is 47.3 Å². The number of nitrogens with zero attached hydrogens (tertiary/aromatic N) is 3. The maximum Gasteiger partial charge on any atom is 0.411 e. The second-order valence-electron chi connectivity index (χ2n) is 8.99. The van der Waals surface area contributed by atoms with Gasteiger partial charge < -0.3 is 9.47 Å². The van der Waals surface area contributed by atoms with E-state index >= 15 is 0 Å². The number of methoxy groups -OCH3 is 2. The number of fused-ring (bicyclic) bond motifs is 3. The normalized spacial score (nSPS) is 20.9. The van der Waals surface area contributed by atoms with E-state index in [1.807, 2.05) is 18.2 Å². The third-order valence-electron chi connectivity index (χ3n) is 6.91. The Bertz CT molecular complexity index is 1420. The molecule has 4 atom stereocenters. The molecular formula is C27H27N3O6S2. The van der Waals surface area contributed by atoms with E-state index in [-0.39, 0.29) is 17.2 Å². The van der Waals surface area contributed by atoms with Crippen LogP contribution in [0.5, 0.6) is 0 Å². The molecule has 1 fully saturated rings. The van der Waals surface area contributed by atoms with Gasteiger partial charge in [0.2, 0.25) is 0 Å². The molecule has 1 saturated heterocycles. The van der Waals surface area contributed by atoms with E-state index in [4.69, 9.17) is 9.47 Å². The first-order valence-electron chi connectivity index (χ1n) is 12.1. The van der Waals surface area contributed by atoms with E-state index in [9.17, 15) is 18.0 Å². The average molecular weight is 554 g/mol. The summed E-state index contributed by atoms with van der Waals surface area (Å²) in [5.41, 5.74) is 1.37. The molecule has 2 aliphatic rings. The highest BCUT2D eigenvalue weighted by molar-refractivity contribution is 8.00. The van der Waals surface area contributed by atoms with Gasteiger partial charge in [0.05, 0.1) is 29.8 Å². The van der Waals surface area contributed by atoms with E-state index in [2.05, 4.69) is 4.98 Å². The molecule has 5 rings (SSSR count). The van der Waals surface area contributed by atoms with Crippen molar-refractivity contribution in [1.29, 1.82) is 0 Å². The second kappa shape index (κ2) is 10.7. The van der Waals surface area contributed by atoms with Gasteiger partial charge in [-0.1, -0.05) is 54.2 Å².